The minimum absolute atomic E-state index is 0.110. The minimum Gasteiger partial charge on any atom is -0.244 e. The van der Waals surface area contributed by atoms with Gasteiger partial charge in [0.25, 0.3) is 0 Å². The Hall–Kier alpha value is -2.06. The summed E-state index contributed by atoms with van der Waals surface area (Å²) in [5.41, 5.74) is 0.890. The third-order valence-corrected chi connectivity index (χ3v) is 3.05. The van der Waals surface area contributed by atoms with Crippen LogP contribution in [0.1, 0.15) is 11.1 Å². The number of nitrogens with zero attached hydrogens (tertiary/aromatic N) is 2. The van der Waals surface area contributed by atoms with Crippen LogP contribution in [0.3, 0.4) is 0 Å². The van der Waals surface area contributed by atoms with Crippen LogP contribution in [0.15, 0.2) is 36.5 Å². The number of benzene rings is 1. The van der Waals surface area contributed by atoms with Crippen molar-refractivity contribution in [2.45, 2.75) is 12.6 Å². The Morgan fingerprint density at radius 2 is 1.80 bits per heavy atom. The first-order valence-corrected chi connectivity index (χ1v) is 5.99. The molecule has 2 aromatic rings. The molecule has 6 heteroatoms. The van der Waals surface area contributed by atoms with Crippen molar-refractivity contribution in [1.82, 2.24) is 4.98 Å². The summed E-state index contributed by atoms with van der Waals surface area (Å²) in [5.74, 6) is 0. The fourth-order valence-corrected chi connectivity index (χ4v) is 2.12. The van der Waals surface area contributed by atoms with Gasteiger partial charge in [0, 0.05) is 11.8 Å². The number of halogens is 4. The predicted molar refractivity (Wildman–Crippen MR) is 69.0 cm³/mol. The van der Waals surface area contributed by atoms with Gasteiger partial charge in [-0.05, 0) is 29.3 Å². The molecule has 0 spiro atoms. The van der Waals surface area contributed by atoms with E-state index < -0.39 is 11.7 Å². The molecule has 0 bridgehead atoms. The molecule has 1 aromatic carbocycles. The molecule has 20 heavy (non-hydrogen) atoms. The summed E-state index contributed by atoms with van der Waals surface area (Å²) in [6.07, 6.45) is -2.81. The third-order valence-electron chi connectivity index (χ3n) is 2.76. The molecule has 0 N–H and O–H groups in total. The van der Waals surface area contributed by atoms with Gasteiger partial charge in [0.2, 0.25) is 0 Å². The van der Waals surface area contributed by atoms with Crippen LogP contribution in [0.25, 0.3) is 11.1 Å². The van der Waals surface area contributed by atoms with Crippen LogP contribution in [0.2, 0.25) is 5.15 Å². The van der Waals surface area contributed by atoms with E-state index in [1.165, 1.54) is 18.3 Å². The molecule has 0 saturated heterocycles. The SMILES string of the molecule is N#CCc1ccnc(Cl)c1-c1ccc(C(F)(F)F)cc1. The maximum absolute atomic E-state index is 12.5. The van der Waals surface area contributed by atoms with E-state index in [0.717, 1.165) is 12.1 Å². The van der Waals surface area contributed by atoms with Crippen LogP contribution in [0, 0.1) is 11.3 Å². The molecule has 1 aromatic heterocycles. The molecule has 0 unspecified atom stereocenters. The van der Waals surface area contributed by atoms with E-state index in [2.05, 4.69) is 4.98 Å². The van der Waals surface area contributed by atoms with E-state index in [1.54, 1.807) is 6.07 Å². The number of hydrogen-bond donors (Lipinski definition) is 0. The van der Waals surface area contributed by atoms with Gasteiger partial charge in [-0.15, -0.1) is 0 Å². The van der Waals surface area contributed by atoms with E-state index in [4.69, 9.17) is 16.9 Å². The number of hydrogen-bond acceptors (Lipinski definition) is 2. The van der Waals surface area contributed by atoms with Crippen molar-refractivity contribution < 1.29 is 13.2 Å². The van der Waals surface area contributed by atoms with Gasteiger partial charge < -0.3 is 0 Å². The second kappa shape index (κ2) is 5.51. The van der Waals surface area contributed by atoms with Gasteiger partial charge >= 0.3 is 6.18 Å². The lowest BCUT2D eigenvalue weighted by Gasteiger charge is -2.11. The Morgan fingerprint density at radius 3 is 2.35 bits per heavy atom. The second-order valence-corrected chi connectivity index (χ2v) is 4.40. The molecule has 0 saturated carbocycles. The summed E-state index contributed by atoms with van der Waals surface area (Å²) < 4.78 is 37.6. The van der Waals surface area contributed by atoms with Crippen molar-refractivity contribution in [3.63, 3.8) is 0 Å². The molecule has 0 radical (unpaired) electrons. The first kappa shape index (κ1) is 14.4. The molecule has 0 fully saturated rings. The van der Waals surface area contributed by atoms with Crippen LogP contribution in [0.5, 0.6) is 0 Å². The Bertz CT molecular complexity index is 658. The van der Waals surface area contributed by atoms with Crippen LogP contribution in [0.4, 0.5) is 13.2 Å². The molecule has 0 aliphatic rings. The number of alkyl halides is 3. The molecule has 2 nitrogen and oxygen atoms in total. The molecule has 0 aliphatic heterocycles. The number of pyridine rings is 1. The van der Waals surface area contributed by atoms with Crippen LogP contribution < -0.4 is 0 Å². The summed E-state index contributed by atoms with van der Waals surface area (Å²) in [7, 11) is 0. The number of nitriles is 1. The fraction of sp³-hybridized carbons (Fsp3) is 0.143. The number of rotatable bonds is 2. The lowest BCUT2D eigenvalue weighted by Crippen LogP contribution is -2.04. The molecule has 0 atom stereocenters. The van der Waals surface area contributed by atoms with Gasteiger partial charge in [-0.25, -0.2) is 4.98 Å². The summed E-state index contributed by atoms with van der Waals surface area (Å²) in [5, 5.41) is 8.93. The highest BCUT2D eigenvalue weighted by Gasteiger charge is 2.30. The molecular formula is C14H8ClF3N2. The highest BCUT2D eigenvalue weighted by molar-refractivity contribution is 6.32. The standard InChI is InChI=1S/C14H8ClF3N2/c15-13-12(10(5-7-19)6-8-20-13)9-1-3-11(4-2-9)14(16,17)18/h1-4,6,8H,5H2. The molecular weight excluding hydrogens is 289 g/mol. The Kier molecular flexibility index (Phi) is 3.96. The smallest absolute Gasteiger partial charge is 0.244 e. The molecule has 1 heterocycles. The van der Waals surface area contributed by atoms with Crippen molar-refractivity contribution in [3.8, 4) is 17.2 Å². The Labute approximate surface area is 118 Å². The fourth-order valence-electron chi connectivity index (χ4n) is 1.84. The maximum atomic E-state index is 12.5. The average Bonchev–Trinajstić information content (AvgIpc) is 2.38. The first-order chi connectivity index (χ1) is 9.43. The van der Waals surface area contributed by atoms with Crippen molar-refractivity contribution in [1.29, 1.82) is 5.26 Å². The quantitative estimate of drug-likeness (QED) is 0.766. The normalized spacial score (nSPS) is 11.2. The summed E-state index contributed by atoms with van der Waals surface area (Å²) in [6.45, 7) is 0. The van der Waals surface area contributed by atoms with Gasteiger partial charge in [0.1, 0.15) is 5.15 Å². The van der Waals surface area contributed by atoms with Gasteiger partial charge in [0.15, 0.2) is 0 Å². The number of aromatic nitrogens is 1. The predicted octanol–water partition coefficient (Wildman–Crippen LogP) is 4.49. The monoisotopic (exact) mass is 296 g/mol. The van der Waals surface area contributed by atoms with E-state index in [0.29, 0.717) is 16.7 Å². The molecule has 102 valence electrons. The van der Waals surface area contributed by atoms with Gasteiger partial charge in [-0.3, -0.25) is 0 Å². The van der Waals surface area contributed by atoms with Gasteiger partial charge in [-0.1, -0.05) is 23.7 Å². The summed E-state index contributed by atoms with van der Waals surface area (Å²) in [6, 6.07) is 8.23. The summed E-state index contributed by atoms with van der Waals surface area (Å²) in [4.78, 5) is 3.90. The van der Waals surface area contributed by atoms with Crippen molar-refractivity contribution in [3.05, 3.63) is 52.8 Å². The highest BCUT2D eigenvalue weighted by atomic mass is 35.5. The van der Waals surface area contributed by atoms with Crippen molar-refractivity contribution >= 4 is 11.6 Å². The van der Waals surface area contributed by atoms with Crippen LogP contribution >= 0.6 is 11.6 Å². The van der Waals surface area contributed by atoms with Crippen LogP contribution in [-0.4, -0.2) is 4.98 Å². The van der Waals surface area contributed by atoms with E-state index in [9.17, 15) is 13.2 Å². The van der Waals surface area contributed by atoms with E-state index >= 15 is 0 Å². The van der Waals surface area contributed by atoms with E-state index in [-0.39, 0.29) is 11.6 Å². The van der Waals surface area contributed by atoms with Crippen molar-refractivity contribution in [2.24, 2.45) is 0 Å². The topological polar surface area (TPSA) is 36.7 Å². The van der Waals surface area contributed by atoms with E-state index in [1.807, 2.05) is 6.07 Å². The highest BCUT2D eigenvalue weighted by Crippen LogP contribution is 2.34. The zero-order valence-corrected chi connectivity index (χ0v) is 10.8. The molecule has 0 aliphatic carbocycles. The van der Waals surface area contributed by atoms with Gasteiger partial charge in [-0.2, -0.15) is 18.4 Å². The largest absolute Gasteiger partial charge is 0.416 e. The lowest BCUT2D eigenvalue weighted by atomic mass is 9.99. The Balaban J connectivity index is 2.50. The third kappa shape index (κ3) is 2.91. The van der Waals surface area contributed by atoms with Crippen LogP contribution in [-0.2, 0) is 12.6 Å². The minimum atomic E-state index is -4.38. The molecule has 0 amide bonds. The maximum Gasteiger partial charge on any atom is 0.416 e. The Morgan fingerprint density at radius 1 is 1.15 bits per heavy atom. The first-order valence-electron chi connectivity index (χ1n) is 5.61. The molecule has 2 rings (SSSR count). The average molecular weight is 297 g/mol. The van der Waals surface area contributed by atoms with Crippen molar-refractivity contribution in [2.75, 3.05) is 0 Å². The zero-order valence-electron chi connectivity index (χ0n) is 10.1. The zero-order chi connectivity index (χ0) is 14.8. The lowest BCUT2D eigenvalue weighted by molar-refractivity contribution is -0.137. The second-order valence-electron chi connectivity index (χ2n) is 4.05. The van der Waals surface area contributed by atoms with Gasteiger partial charge in [0.05, 0.1) is 18.1 Å². The summed E-state index contributed by atoms with van der Waals surface area (Å²) >= 11 is 5.99.